The van der Waals surface area contributed by atoms with Gasteiger partial charge in [-0.15, -0.1) is 0 Å². The molecule has 1 aromatic carbocycles. The van der Waals surface area contributed by atoms with Crippen molar-refractivity contribution in [2.75, 3.05) is 6.61 Å². The molecule has 2 rings (SSSR count). The van der Waals surface area contributed by atoms with E-state index in [1.54, 1.807) is 0 Å². The van der Waals surface area contributed by atoms with Gasteiger partial charge in [-0.1, -0.05) is 44.2 Å². The van der Waals surface area contributed by atoms with Crippen molar-refractivity contribution in [1.29, 1.82) is 0 Å². The molecule has 0 bridgehead atoms. The van der Waals surface area contributed by atoms with E-state index in [9.17, 15) is 19.5 Å². The Bertz CT molecular complexity index is 808. The average molecular weight is 416 g/mol. The minimum atomic E-state index is -0.945. The van der Waals surface area contributed by atoms with Crippen molar-refractivity contribution in [3.05, 3.63) is 54.1 Å². The summed E-state index contributed by atoms with van der Waals surface area (Å²) in [6.45, 7) is 3.20. The second-order valence-corrected chi connectivity index (χ2v) is 7.35. The zero-order valence-electron chi connectivity index (χ0n) is 17.1. The third-order valence-electron chi connectivity index (χ3n) is 4.37. The number of rotatable bonds is 11. The number of amides is 2. The predicted octanol–water partition coefficient (Wildman–Crippen LogP) is 1.34. The Kier molecular flexibility index (Phi) is 9.02. The van der Waals surface area contributed by atoms with E-state index in [0.717, 1.165) is 5.56 Å². The average Bonchev–Trinajstić information content (AvgIpc) is 3.24. The number of aliphatic hydroxyl groups is 1. The molecule has 0 aliphatic heterocycles. The van der Waals surface area contributed by atoms with E-state index < -0.39 is 36.5 Å². The quantitative estimate of drug-likeness (QED) is 0.437. The second-order valence-electron chi connectivity index (χ2n) is 7.35. The monoisotopic (exact) mass is 416 g/mol. The number of Topliss-reactive ketones (excluding diaryl/α,β-unsaturated/α-hetero) is 1. The summed E-state index contributed by atoms with van der Waals surface area (Å²) in [5.41, 5.74) is 1.46. The summed E-state index contributed by atoms with van der Waals surface area (Å²) in [5.74, 6) is -0.950. The first kappa shape index (κ1) is 23.1. The van der Waals surface area contributed by atoms with Crippen molar-refractivity contribution in [3.8, 4) is 0 Å². The summed E-state index contributed by atoms with van der Waals surface area (Å²) in [6.07, 6.45) is 2.78. The van der Waals surface area contributed by atoms with Gasteiger partial charge in [0.2, 0.25) is 5.91 Å². The standard InChI is InChI=1S/C21H28N4O5/c1-14(2)8-18(25-21(29)30-12-15-6-4-3-5-7-15)20(28)24-17(19(27)11-26)9-16-10-22-13-23-16/h3-7,10,13-14,17-18,26H,8-9,11-12H2,1-2H3,(H,22,23)(H,24,28)(H,25,29)/t17-,18-/m0/s1. The number of carbonyl (C=O) groups excluding carboxylic acids is 3. The molecule has 1 heterocycles. The fourth-order valence-corrected chi connectivity index (χ4v) is 2.85. The van der Waals surface area contributed by atoms with E-state index in [1.165, 1.54) is 12.5 Å². The van der Waals surface area contributed by atoms with Crippen molar-refractivity contribution in [1.82, 2.24) is 20.6 Å². The molecule has 0 saturated carbocycles. The highest BCUT2D eigenvalue weighted by atomic mass is 16.5. The third-order valence-corrected chi connectivity index (χ3v) is 4.37. The van der Waals surface area contributed by atoms with Crippen molar-refractivity contribution < 1.29 is 24.2 Å². The summed E-state index contributed by atoms with van der Waals surface area (Å²) in [7, 11) is 0. The number of hydrogen-bond donors (Lipinski definition) is 4. The molecule has 30 heavy (non-hydrogen) atoms. The molecule has 1 aromatic heterocycles. The van der Waals surface area contributed by atoms with Crippen LogP contribution >= 0.6 is 0 Å². The minimum Gasteiger partial charge on any atom is -0.445 e. The summed E-state index contributed by atoms with van der Waals surface area (Å²) in [6, 6.07) is 7.36. The van der Waals surface area contributed by atoms with Gasteiger partial charge in [-0.2, -0.15) is 0 Å². The Balaban J connectivity index is 1.99. The molecule has 0 fully saturated rings. The van der Waals surface area contributed by atoms with E-state index >= 15 is 0 Å². The van der Waals surface area contributed by atoms with Crippen LogP contribution in [0.1, 0.15) is 31.5 Å². The lowest BCUT2D eigenvalue weighted by atomic mass is 10.0. The van der Waals surface area contributed by atoms with Gasteiger partial charge < -0.3 is 25.5 Å². The molecule has 0 radical (unpaired) electrons. The number of ketones is 1. The molecule has 9 nitrogen and oxygen atoms in total. The highest BCUT2D eigenvalue weighted by Gasteiger charge is 2.28. The second kappa shape index (κ2) is 11.7. The number of aromatic nitrogens is 2. The molecule has 2 aromatic rings. The maximum Gasteiger partial charge on any atom is 0.408 e. The predicted molar refractivity (Wildman–Crippen MR) is 109 cm³/mol. The highest BCUT2D eigenvalue weighted by molar-refractivity contribution is 5.92. The van der Waals surface area contributed by atoms with Crippen LogP contribution < -0.4 is 10.6 Å². The van der Waals surface area contributed by atoms with E-state index in [0.29, 0.717) is 12.1 Å². The fourth-order valence-electron chi connectivity index (χ4n) is 2.85. The number of alkyl carbamates (subject to hydrolysis) is 1. The van der Waals surface area contributed by atoms with E-state index in [-0.39, 0.29) is 18.9 Å². The first-order chi connectivity index (χ1) is 14.4. The number of aromatic amines is 1. The maximum absolute atomic E-state index is 12.8. The number of nitrogens with one attached hydrogen (secondary N) is 3. The Labute approximate surface area is 175 Å². The van der Waals surface area contributed by atoms with Crippen LogP contribution in [0.25, 0.3) is 0 Å². The molecule has 0 aliphatic carbocycles. The lowest BCUT2D eigenvalue weighted by Crippen LogP contribution is -2.53. The number of hydrogen-bond acceptors (Lipinski definition) is 6. The van der Waals surface area contributed by atoms with Gasteiger partial charge in [-0.25, -0.2) is 9.78 Å². The highest BCUT2D eigenvalue weighted by Crippen LogP contribution is 2.08. The summed E-state index contributed by atoms with van der Waals surface area (Å²) in [4.78, 5) is 43.9. The van der Waals surface area contributed by atoms with Gasteiger partial charge in [0, 0.05) is 18.3 Å². The number of nitrogens with zero attached hydrogens (tertiary/aromatic N) is 1. The Morgan fingerprint density at radius 3 is 2.47 bits per heavy atom. The fraction of sp³-hybridized carbons (Fsp3) is 0.429. The molecule has 2 amide bonds. The zero-order valence-corrected chi connectivity index (χ0v) is 17.1. The SMILES string of the molecule is CC(C)C[C@H](NC(=O)OCc1ccccc1)C(=O)N[C@@H](Cc1cnc[nH]1)C(=O)CO. The number of aliphatic hydroxyl groups excluding tert-OH is 1. The molecule has 162 valence electrons. The molecule has 2 atom stereocenters. The van der Waals surface area contributed by atoms with Gasteiger partial charge in [0.1, 0.15) is 19.3 Å². The lowest BCUT2D eigenvalue weighted by Gasteiger charge is -2.23. The first-order valence-corrected chi connectivity index (χ1v) is 9.77. The van der Waals surface area contributed by atoms with Crippen LogP contribution in [0.3, 0.4) is 0 Å². The van der Waals surface area contributed by atoms with Gasteiger partial charge in [-0.05, 0) is 17.9 Å². The van der Waals surface area contributed by atoms with Crippen LogP contribution in [-0.4, -0.2) is 51.5 Å². The van der Waals surface area contributed by atoms with Crippen LogP contribution in [0.4, 0.5) is 4.79 Å². The molecule has 9 heteroatoms. The van der Waals surface area contributed by atoms with E-state index in [1.807, 2.05) is 44.2 Å². The number of benzene rings is 1. The summed E-state index contributed by atoms with van der Waals surface area (Å²) < 4.78 is 5.20. The number of carbonyl (C=O) groups is 3. The number of H-pyrrole nitrogens is 1. The normalized spacial score (nSPS) is 12.8. The van der Waals surface area contributed by atoms with Crippen molar-refractivity contribution in [2.24, 2.45) is 5.92 Å². The van der Waals surface area contributed by atoms with Crippen LogP contribution in [0.15, 0.2) is 42.9 Å². The van der Waals surface area contributed by atoms with Gasteiger partial charge in [0.15, 0.2) is 5.78 Å². The van der Waals surface area contributed by atoms with Crippen molar-refractivity contribution >= 4 is 17.8 Å². The Morgan fingerprint density at radius 1 is 1.13 bits per heavy atom. The summed E-state index contributed by atoms with van der Waals surface area (Å²) >= 11 is 0. The van der Waals surface area contributed by atoms with Crippen LogP contribution in [0, 0.1) is 5.92 Å². The van der Waals surface area contributed by atoms with Gasteiger partial charge in [0.05, 0.1) is 12.4 Å². The molecule has 0 saturated heterocycles. The number of imidazole rings is 1. The molecule has 4 N–H and O–H groups in total. The zero-order chi connectivity index (χ0) is 21.9. The Morgan fingerprint density at radius 2 is 1.87 bits per heavy atom. The van der Waals surface area contributed by atoms with Gasteiger partial charge in [0.25, 0.3) is 0 Å². The summed E-state index contributed by atoms with van der Waals surface area (Å²) in [5, 5.41) is 14.4. The van der Waals surface area contributed by atoms with E-state index in [4.69, 9.17) is 4.74 Å². The number of ether oxygens (including phenoxy) is 1. The van der Waals surface area contributed by atoms with Gasteiger partial charge in [-0.3, -0.25) is 9.59 Å². The third kappa shape index (κ3) is 7.67. The topological polar surface area (TPSA) is 133 Å². The molecule has 0 aliphatic rings. The maximum atomic E-state index is 12.8. The van der Waals surface area contributed by atoms with Gasteiger partial charge >= 0.3 is 6.09 Å². The largest absolute Gasteiger partial charge is 0.445 e. The lowest BCUT2D eigenvalue weighted by molar-refractivity contribution is -0.130. The molecule has 0 unspecified atom stereocenters. The minimum absolute atomic E-state index is 0.0775. The molecule has 0 spiro atoms. The molecular formula is C21H28N4O5. The van der Waals surface area contributed by atoms with Crippen molar-refractivity contribution in [3.63, 3.8) is 0 Å². The smallest absolute Gasteiger partial charge is 0.408 e. The van der Waals surface area contributed by atoms with Crippen molar-refractivity contribution in [2.45, 2.75) is 45.4 Å². The molecular weight excluding hydrogens is 388 g/mol. The first-order valence-electron chi connectivity index (χ1n) is 9.77. The van der Waals surface area contributed by atoms with Crippen LogP contribution in [0.5, 0.6) is 0 Å². The van der Waals surface area contributed by atoms with Crippen LogP contribution in [-0.2, 0) is 27.4 Å². The Hall–Kier alpha value is -3.20. The van der Waals surface area contributed by atoms with E-state index in [2.05, 4.69) is 20.6 Å². The van der Waals surface area contributed by atoms with Crippen LogP contribution in [0.2, 0.25) is 0 Å².